The Morgan fingerprint density at radius 3 is 2.55 bits per heavy atom. The number of rotatable bonds is 7. The summed E-state index contributed by atoms with van der Waals surface area (Å²) in [5, 5.41) is 9.46. The van der Waals surface area contributed by atoms with Gasteiger partial charge in [0.05, 0.1) is 12.7 Å². The van der Waals surface area contributed by atoms with Gasteiger partial charge in [0.25, 0.3) is 0 Å². The lowest BCUT2D eigenvalue weighted by Gasteiger charge is -2.18. The summed E-state index contributed by atoms with van der Waals surface area (Å²) < 4.78 is 20.8. The van der Waals surface area contributed by atoms with E-state index in [-0.39, 0.29) is 12.2 Å². The average molecular weight is 443 g/mol. The van der Waals surface area contributed by atoms with Crippen molar-refractivity contribution in [2.24, 2.45) is 0 Å². The van der Waals surface area contributed by atoms with Crippen molar-refractivity contribution in [3.8, 4) is 16.9 Å². The Morgan fingerprint density at radius 1 is 1.19 bits per heavy atom. The van der Waals surface area contributed by atoms with Crippen molar-refractivity contribution in [1.82, 2.24) is 4.98 Å². The molecule has 31 heavy (non-hydrogen) atoms. The summed E-state index contributed by atoms with van der Waals surface area (Å²) in [5.41, 5.74) is 2.04. The van der Waals surface area contributed by atoms with Gasteiger partial charge in [-0.15, -0.1) is 0 Å². The van der Waals surface area contributed by atoms with Crippen LogP contribution in [0, 0.1) is 5.82 Å². The molecule has 0 saturated carbocycles. The summed E-state index contributed by atoms with van der Waals surface area (Å²) in [6.07, 6.45) is 1.74. The first-order valence-corrected chi connectivity index (χ1v) is 9.74. The maximum Gasteiger partial charge on any atom is 0.323 e. The van der Waals surface area contributed by atoms with Gasteiger partial charge < -0.3 is 9.84 Å². The zero-order valence-corrected chi connectivity index (χ0v) is 17.7. The zero-order valence-electron chi connectivity index (χ0n) is 16.9. The van der Waals surface area contributed by atoms with E-state index in [4.69, 9.17) is 21.4 Å². The molecule has 0 unspecified atom stereocenters. The van der Waals surface area contributed by atoms with Gasteiger partial charge in [0.1, 0.15) is 23.9 Å². The quantitative estimate of drug-likeness (QED) is 0.579. The van der Waals surface area contributed by atoms with Crippen molar-refractivity contribution >= 4 is 29.3 Å². The van der Waals surface area contributed by atoms with Gasteiger partial charge in [0.15, 0.2) is 0 Å². The van der Waals surface area contributed by atoms with Crippen LogP contribution in [0.15, 0.2) is 54.7 Å². The topological polar surface area (TPSA) is 79.7 Å². The first kappa shape index (κ1) is 22.2. The summed E-state index contributed by atoms with van der Waals surface area (Å²) >= 11 is 6.07. The third-order valence-corrected chi connectivity index (χ3v) is 4.91. The number of pyridine rings is 1. The summed E-state index contributed by atoms with van der Waals surface area (Å²) in [7, 11) is 1.48. The SMILES string of the molecule is COc1ccc(Cc2ccc(N(CC(=O)O)C(C)=O)nc2)c(F)c1-c1cccc(Cl)c1. The molecule has 0 fully saturated rings. The molecule has 0 bridgehead atoms. The number of aliphatic carboxylic acids is 1. The van der Waals surface area contributed by atoms with Crippen LogP contribution in [0.5, 0.6) is 5.75 Å². The molecule has 0 atom stereocenters. The number of carboxylic acid groups (broad SMARTS) is 1. The number of aromatic nitrogens is 1. The molecule has 1 aromatic heterocycles. The number of halogens is 2. The van der Waals surface area contributed by atoms with Crippen molar-refractivity contribution in [3.05, 3.63) is 76.7 Å². The number of amides is 1. The molecule has 1 N–H and O–H groups in total. The molecule has 3 rings (SSSR count). The fourth-order valence-electron chi connectivity index (χ4n) is 3.21. The minimum Gasteiger partial charge on any atom is -0.496 e. The van der Waals surface area contributed by atoms with E-state index in [1.807, 2.05) is 0 Å². The van der Waals surface area contributed by atoms with E-state index in [2.05, 4.69) is 4.98 Å². The number of benzene rings is 2. The number of nitrogens with zero attached hydrogens (tertiary/aromatic N) is 2. The minimum atomic E-state index is -1.14. The molecule has 0 saturated heterocycles. The van der Waals surface area contributed by atoms with Crippen LogP contribution in [0.3, 0.4) is 0 Å². The molecule has 8 heteroatoms. The highest BCUT2D eigenvalue weighted by Crippen LogP contribution is 2.36. The molecule has 1 heterocycles. The van der Waals surface area contributed by atoms with Crippen molar-refractivity contribution in [2.45, 2.75) is 13.3 Å². The second-order valence-electron chi connectivity index (χ2n) is 6.83. The minimum absolute atomic E-state index is 0.216. The van der Waals surface area contributed by atoms with Gasteiger partial charge in [-0.2, -0.15) is 0 Å². The molecule has 6 nitrogen and oxygen atoms in total. The monoisotopic (exact) mass is 442 g/mol. The Bertz CT molecular complexity index is 1120. The molecule has 3 aromatic rings. The van der Waals surface area contributed by atoms with Crippen molar-refractivity contribution in [1.29, 1.82) is 0 Å². The molecule has 160 valence electrons. The number of carboxylic acids is 1. The van der Waals surface area contributed by atoms with Crippen LogP contribution < -0.4 is 9.64 Å². The summed E-state index contributed by atoms with van der Waals surface area (Å²) in [6, 6.07) is 13.4. The third-order valence-electron chi connectivity index (χ3n) is 4.67. The van der Waals surface area contributed by atoms with Crippen LogP contribution in [0.2, 0.25) is 5.02 Å². The number of ether oxygens (including phenoxy) is 1. The third kappa shape index (κ3) is 5.19. The van der Waals surface area contributed by atoms with E-state index < -0.39 is 24.2 Å². The maximum atomic E-state index is 15.4. The van der Waals surface area contributed by atoms with Gasteiger partial charge in [0, 0.05) is 24.6 Å². The fraction of sp³-hybridized carbons (Fsp3) is 0.174. The van der Waals surface area contributed by atoms with Crippen molar-refractivity contribution in [2.75, 3.05) is 18.6 Å². The van der Waals surface area contributed by atoms with E-state index in [9.17, 15) is 9.59 Å². The molecular weight excluding hydrogens is 423 g/mol. The second kappa shape index (κ2) is 9.57. The van der Waals surface area contributed by atoms with E-state index >= 15 is 4.39 Å². The van der Waals surface area contributed by atoms with Gasteiger partial charge in [-0.3, -0.25) is 14.5 Å². The summed E-state index contributed by atoms with van der Waals surface area (Å²) in [4.78, 5) is 27.9. The average Bonchev–Trinajstić information content (AvgIpc) is 2.73. The Hall–Kier alpha value is -3.45. The molecule has 0 aliphatic rings. The number of hydrogen-bond acceptors (Lipinski definition) is 4. The molecule has 0 radical (unpaired) electrons. The lowest BCUT2D eigenvalue weighted by molar-refractivity contribution is -0.136. The maximum absolute atomic E-state index is 15.4. The first-order valence-electron chi connectivity index (χ1n) is 9.36. The smallest absolute Gasteiger partial charge is 0.323 e. The van der Waals surface area contributed by atoms with Crippen LogP contribution in [0.4, 0.5) is 10.2 Å². The Labute approximate surface area is 183 Å². The highest BCUT2D eigenvalue weighted by Gasteiger charge is 2.18. The van der Waals surface area contributed by atoms with E-state index in [1.165, 1.54) is 20.2 Å². The molecule has 0 aliphatic carbocycles. The van der Waals surface area contributed by atoms with Crippen LogP contribution in [0.25, 0.3) is 11.1 Å². The molecular formula is C23H20ClFN2O4. The molecule has 0 aliphatic heterocycles. The lowest BCUT2D eigenvalue weighted by Crippen LogP contribution is -2.34. The van der Waals surface area contributed by atoms with Crippen molar-refractivity contribution < 1.29 is 23.8 Å². The van der Waals surface area contributed by atoms with Gasteiger partial charge in [0.2, 0.25) is 5.91 Å². The normalized spacial score (nSPS) is 10.6. The fourth-order valence-corrected chi connectivity index (χ4v) is 3.40. The molecule has 1 amide bonds. The van der Waals surface area contributed by atoms with E-state index in [0.29, 0.717) is 33.0 Å². The second-order valence-corrected chi connectivity index (χ2v) is 7.26. The molecule has 0 spiro atoms. The van der Waals surface area contributed by atoms with Crippen LogP contribution in [-0.4, -0.2) is 35.6 Å². The first-order chi connectivity index (χ1) is 14.8. The Kier molecular flexibility index (Phi) is 6.87. The van der Waals surface area contributed by atoms with Crippen LogP contribution in [-0.2, 0) is 16.0 Å². The van der Waals surface area contributed by atoms with Crippen LogP contribution >= 0.6 is 11.6 Å². The predicted molar refractivity (Wildman–Crippen MR) is 116 cm³/mol. The van der Waals surface area contributed by atoms with E-state index in [1.54, 1.807) is 48.5 Å². The number of hydrogen-bond donors (Lipinski definition) is 1. The molecule has 2 aromatic carbocycles. The summed E-state index contributed by atoms with van der Waals surface area (Å²) in [6.45, 7) is 0.778. The Balaban J connectivity index is 1.92. The number of carbonyl (C=O) groups is 2. The summed E-state index contributed by atoms with van der Waals surface area (Å²) in [5.74, 6) is -1.40. The largest absolute Gasteiger partial charge is 0.496 e. The standard InChI is InChI=1S/C23H20ClFN2O4/c1-14(28)27(13-21(29)30)20-9-6-15(12-26-20)10-17-7-8-19(31-2)22(23(17)25)16-4-3-5-18(24)11-16/h3-9,11-12H,10,13H2,1-2H3,(H,29,30). The highest BCUT2D eigenvalue weighted by molar-refractivity contribution is 6.30. The van der Waals surface area contributed by atoms with Gasteiger partial charge >= 0.3 is 5.97 Å². The van der Waals surface area contributed by atoms with E-state index in [0.717, 1.165) is 4.90 Å². The van der Waals surface area contributed by atoms with Gasteiger partial charge in [-0.25, -0.2) is 9.37 Å². The highest BCUT2D eigenvalue weighted by atomic mass is 35.5. The van der Waals surface area contributed by atoms with Crippen molar-refractivity contribution in [3.63, 3.8) is 0 Å². The number of anilines is 1. The van der Waals surface area contributed by atoms with Gasteiger partial charge in [-0.1, -0.05) is 35.9 Å². The zero-order chi connectivity index (χ0) is 22.5. The number of carbonyl (C=O) groups excluding carboxylic acids is 1. The number of methoxy groups -OCH3 is 1. The predicted octanol–water partition coefficient (Wildman–Crippen LogP) is 4.58. The Morgan fingerprint density at radius 2 is 1.97 bits per heavy atom. The lowest BCUT2D eigenvalue weighted by atomic mass is 9.97. The van der Waals surface area contributed by atoms with Gasteiger partial charge in [-0.05, 0) is 41.0 Å². The van der Waals surface area contributed by atoms with Crippen LogP contribution in [0.1, 0.15) is 18.1 Å².